The largest absolute Gasteiger partial charge is 0.330 e. The molecule has 1 heterocycles. The second kappa shape index (κ2) is 5.85. The van der Waals surface area contributed by atoms with Crippen LogP contribution in [0.5, 0.6) is 0 Å². The van der Waals surface area contributed by atoms with Crippen LogP contribution >= 0.6 is 11.3 Å². The fraction of sp³-hybridized carbons (Fsp3) is 0.333. The number of nitro benzene ring substituents is 1. The minimum Gasteiger partial charge on any atom is -0.330 e. The fourth-order valence-electron chi connectivity index (χ4n) is 1.79. The van der Waals surface area contributed by atoms with Gasteiger partial charge >= 0.3 is 0 Å². The normalized spacial score (nSPS) is 10.6. The van der Waals surface area contributed by atoms with Gasteiger partial charge in [-0.05, 0) is 25.5 Å². The fourth-order valence-corrected chi connectivity index (χ4v) is 2.79. The predicted molar refractivity (Wildman–Crippen MR) is 74.1 cm³/mol. The summed E-state index contributed by atoms with van der Waals surface area (Å²) in [7, 11) is 0. The van der Waals surface area contributed by atoms with E-state index in [9.17, 15) is 10.1 Å². The van der Waals surface area contributed by atoms with Gasteiger partial charge in [-0.25, -0.2) is 0 Å². The Hall–Kier alpha value is -1.86. The van der Waals surface area contributed by atoms with Crippen molar-refractivity contribution < 1.29 is 4.92 Å². The van der Waals surface area contributed by atoms with E-state index in [1.165, 1.54) is 17.4 Å². The lowest BCUT2D eigenvalue weighted by Gasteiger charge is -2.02. The van der Waals surface area contributed by atoms with Gasteiger partial charge in [0.05, 0.1) is 10.5 Å². The number of hydrogen-bond acceptors (Lipinski definition) is 6. The van der Waals surface area contributed by atoms with Crippen LogP contribution in [0, 0.1) is 17.0 Å². The minimum atomic E-state index is -0.386. The molecule has 0 aliphatic carbocycles. The molecular weight excluding hydrogens is 264 g/mol. The van der Waals surface area contributed by atoms with Gasteiger partial charge in [-0.15, -0.1) is 10.2 Å². The van der Waals surface area contributed by atoms with Gasteiger partial charge in [-0.3, -0.25) is 10.1 Å². The smallest absolute Gasteiger partial charge is 0.279 e. The third-order valence-corrected chi connectivity index (χ3v) is 3.72. The molecule has 0 bridgehead atoms. The molecule has 2 aromatic rings. The van der Waals surface area contributed by atoms with Gasteiger partial charge in [0.25, 0.3) is 5.69 Å². The second-order valence-corrected chi connectivity index (χ2v) is 5.18. The minimum absolute atomic E-state index is 0.0709. The molecule has 0 amide bonds. The molecule has 0 aliphatic heterocycles. The third-order valence-electron chi connectivity index (χ3n) is 2.72. The van der Waals surface area contributed by atoms with E-state index in [4.69, 9.17) is 5.73 Å². The van der Waals surface area contributed by atoms with Gasteiger partial charge in [0.1, 0.15) is 5.01 Å². The van der Waals surface area contributed by atoms with E-state index in [1.54, 1.807) is 6.07 Å². The summed E-state index contributed by atoms with van der Waals surface area (Å²) in [5, 5.41) is 20.7. The molecule has 1 aromatic heterocycles. The zero-order valence-corrected chi connectivity index (χ0v) is 11.3. The molecular formula is C12H14N4O2S. The van der Waals surface area contributed by atoms with Crippen molar-refractivity contribution in [1.29, 1.82) is 0 Å². The Morgan fingerprint density at radius 2 is 2.21 bits per heavy atom. The molecule has 2 rings (SSSR count). The Kier molecular flexibility index (Phi) is 4.18. The maximum Gasteiger partial charge on any atom is 0.279 e. The van der Waals surface area contributed by atoms with Crippen molar-refractivity contribution in [1.82, 2.24) is 10.2 Å². The van der Waals surface area contributed by atoms with Crippen molar-refractivity contribution in [2.75, 3.05) is 6.54 Å². The van der Waals surface area contributed by atoms with Crippen molar-refractivity contribution in [2.24, 2.45) is 5.73 Å². The zero-order valence-electron chi connectivity index (χ0n) is 10.5. The summed E-state index contributed by atoms with van der Waals surface area (Å²) < 4.78 is 0. The molecule has 0 saturated carbocycles. The molecule has 0 unspecified atom stereocenters. The molecule has 19 heavy (non-hydrogen) atoms. The van der Waals surface area contributed by atoms with Gasteiger partial charge in [0.2, 0.25) is 0 Å². The van der Waals surface area contributed by atoms with E-state index in [0.29, 0.717) is 17.1 Å². The number of hydrogen-bond donors (Lipinski definition) is 1. The van der Waals surface area contributed by atoms with Crippen LogP contribution in [-0.2, 0) is 6.42 Å². The van der Waals surface area contributed by atoms with Crippen molar-refractivity contribution in [3.63, 3.8) is 0 Å². The van der Waals surface area contributed by atoms with Crippen molar-refractivity contribution in [2.45, 2.75) is 19.8 Å². The summed E-state index contributed by atoms with van der Waals surface area (Å²) in [5.74, 6) is 0. The first kappa shape index (κ1) is 13.6. The molecule has 2 N–H and O–H groups in total. The number of nitrogens with two attached hydrogens (primary N) is 1. The lowest BCUT2D eigenvalue weighted by molar-refractivity contribution is -0.384. The first-order valence-electron chi connectivity index (χ1n) is 5.90. The maximum absolute atomic E-state index is 11.1. The number of aromatic nitrogens is 2. The summed E-state index contributed by atoms with van der Waals surface area (Å²) in [5.41, 5.74) is 6.91. The number of nitrogens with zero attached hydrogens (tertiary/aromatic N) is 3. The monoisotopic (exact) mass is 278 g/mol. The summed E-state index contributed by atoms with van der Waals surface area (Å²) >= 11 is 1.39. The van der Waals surface area contributed by atoms with Crippen LogP contribution in [0.4, 0.5) is 5.69 Å². The second-order valence-electron chi connectivity index (χ2n) is 4.12. The number of benzene rings is 1. The summed E-state index contributed by atoms with van der Waals surface area (Å²) in [6.45, 7) is 2.43. The molecule has 0 atom stereocenters. The quantitative estimate of drug-likeness (QED) is 0.669. The molecule has 0 spiro atoms. The number of aryl methyl sites for hydroxylation is 2. The lowest BCUT2D eigenvalue weighted by atomic mass is 10.1. The molecule has 0 fully saturated rings. The Labute approximate surface area is 114 Å². The van der Waals surface area contributed by atoms with Gasteiger partial charge in [-0.2, -0.15) is 0 Å². The Morgan fingerprint density at radius 3 is 2.89 bits per heavy atom. The van der Waals surface area contributed by atoms with Gasteiger partial charge in [0.15, 0.2) is 5.01 Å². The van der Waals surface area contributed by atoms with E-state index >= 15 is 0 Å². The third kappa shape index (κ3) is 2.94. The number of nitro groups is 1. The van der Waals surface area contributed by atoms with Crippen molar-refractivity contribution >= 4 is 17.0 Å². The van der Waals surface area contributed by atoms with Crippen LogP contribution in [-0.4, -0.2) is 21.7 Å². The molecule has 0 aliphatic rings. The highest BCUT2D eigenvalue weighted by atomic mass is 32.1. The summed E-state index contributed by atoms with van der Waals surface area (Å²) in [6.07, 6.45) is 1.60. The van der Waals surface area contributed by atoms with Gasteiger partial charge in [-0.1, -0.05) is 23.5 Å². The Balaban J connectivity index is 2.41. The molecule has 6 nitrogen and oxygen atoms in total. The van der Waals surface area contributed by atoms with Gasteiger partial charge in [0, 0.05) is 12.5 Å². The standard InChI is InChI=1S/C12H14N4O2S/c1-8-4-2-5-9(16(17)18)11(8)12-15-14-10(19-12)6-3-7-13/h2,4-5H,3,6-7,13H2,1H3. The first-order valence-corrected chi connectivity index (χ1v) is 6.72. The topological polar surface area (TPSA) is 94.9 Å². The first-order chi connectivity index (χ1) is 9.13. The van der Waals surface area contributed by atoms with Crippen LogP contribution in [0.1, 0.15) is 17.0 Å². The highest BCUT2D eigenvalue weighted by molar-refractivity contribution is 7.14. The highest BCUT2D eigenvalue weighted by Crippen LogP contribution is 2.34. The van der Waals surface area contributed by atoms with E-state index in [2.05, 4.69) is 10.2 Å². The van der Waals surface area contributed by atoms with E-state index in [0.717, 1.165) is 23.4 Å². The van der Waals surface area contributed by atoms with Crippen molar-refractivity contribution in [3.05, 3.63) is 38.9 Å². The molecule has 0 radical (unpaired) electrons. The van der Waals surface area contributed by atoms with Crippen LogP contribution in [0.2, 0.25) is 0 Å². The Morgan fingerprint density at radius 1 is 1.42 bits per heavy atom. The summed E-state index contributed by atoms with van der Waals surface area (Å²) in [6, 6.07) is 5.00. The summed E-state index contributed by atoms with van der Waals surface area (Å²) in [4.78, 5) is 10.7. The molecule has 0 saturated heterocycles. The Bertz CT molecular complexity index is 597. The van der Waals surface area contributed by atoms with Gasteiger partial charge < -0.3 is 5.73 Å². The van der Waals surface area contributed by atoms with E-state index < -0.39 is 0 Å². The average Bonchev–Trinajstić information content (AvgIpc) is 2.84. The van der Waals surface area contributed by atoms with Crippen LogP contribution < -0.4 is 5.73 Å². The number of rotatable bonds is 5. The van der Waals surface area contributed by atoms with E-state index in [-0.39, 0.29) is 10.6 Å². The average molecular weight is 278 g/mol. The maximum atomic E-state index is 11.1. The van der Waals surface area contributed by atoms with Crippen LogP contribution in [0.15, 0.2) is 18.2 Å². The van der Waals surface area contributed by atoms with E-state index in [1.807, 2.05) is 13.0 Å². The van der Waals surface area contributed by atoms with Crippen molar-refractivity contribution in [3.8, 4) is 10.6 Å². The molecule has 1 aromatic carbocycles. The van der Waals surface area contributed by atoms with Crippen LogP contribution in [0.3, 0.4) is 0 Å². The SMILES string of the molecule is Cc1cccc([N+](=O)[O-])c1-c1nnc(CCCN)s1. The lowest BCUT2D eigenvalue weighted by Crippen LogP contribution is -1.99. The zero-order chi connectivity index (χ0) is 13.8. The molecule has 100 valence electrons. The van der Waals surface area contributed by atoms with Crippen LogP contribution in [0.25, 0.3) is 10.6 Å². The highest BCUT2D eigenvalue weighted by Gasteiger charge is 2.20. The molecule has 7 heteroatoms. The predicted octanol–water partition coefficient (Wildman–Crippen LogP) is 2.31.